The predicted molar refractivity (Wildman–Crippen MR) is 81.2 cm³/mol. The van der Waals surface area contributed by atoms with Crippen molar-refractivity contribution in [3.8, 4) is 11.5 Å². The highest BCUT2D eigenvalue weighted by Crippen LogP contribution is 2.23. The van der Waals surface area contributed by atoms with E-state index in [4.69, 9.17) is 21.4 Å². The van der Waals surface area contributed by atoms with Gasteiger partial charge in [0.1, 0.15) is 11.3 Å². The number of ether oxygens (including phenoxy) is 1. The van der Waals surface area contributed by atoms with Crippen molar-refractivity contribution >= 4 is 29.2 Å². The van der Waals surface area contributed by atoms with Gasteiger partial charge in [-0.1, -0.05) is 0 Å². The fourth-order valence-corrected chi connectivity index (χ4v) is 2.34. The molecule has 112 valence electrons. The van der Waals surface area contributed by atoms with E-state index in [1.165, 1.54) is 24.0 Å². The standard InChI is InChI=1S/C14H11N3O4S/c1-17-11-10(12(18)16-14(17)22)7(13(19)20-2)6-8(15-11)9-4-3-5-21-9/h3-6H,1-2H3,(H,16,18,22). The van der Waals surface area contributed by atoms with Crippen LogP contribution in [0.15, 0.2) is 33.7 Å². The molecule has 0 aromatic carbocycles. The number of nitrogens with one attached hydrogen (secondary N) is 1. The first-order chi connectivity index (χ1) is 10.5. The first-order valence-corrected chi connectivity index (χ1v) is 6.70. The fourth-order valence-electron chi connectivity index (χ4n) is 2.16. The number of methoxy groups -OCH3 is 1. The van der Waals surface area contributed by atoms with Gasteiger partial charge in [0.15, 0.2) is 10.5 Å². The molecule has 0 saturated carbocycles. The molecule has 3 rings (SSSR count). The SMILES string of the molecule is COC(=O)c1cc(-c2ccco2)nc2c1c(=O)[nH]c(=S)n2C. The molecule has 0 aliphatic carbocycles. The second-order valence-electron chi connectivity index (χ2n) is 4.54. The van der Waals surface area contributed by atoms with Gasteiger partial charge in [-0.15, -0.1) is 0 Å². The molecular weight excluding hydrogens is 306 g/mol. The number of hydrogen-bond donors (Lipinski definition) is 1. The number of furan rings is 1. The van der Waals surface area contributed by atoms with Gasteiger partial charge in [-0.2, -0.15) is 0 Å². The number of esters is 1. The van der Waals surface area contributed by atoms with E-state index in [0.717, 1.165) is 0 Å². The lowest BCUT2D eigenvalue weighted by Crippen LogP contribution is -2.18. The molecule has 3 heterocycles. The average molecular weight is 317 g/mol. The van der Waals surface area contributed by atoms with Gasteiger partial charge in [-0.05, 0) is 30.4 Å². The second-order valence-corrected chi connectivity index (χ2v) is 4.93. The van der Waals surface area contributed by atoms with Crippen molar-refractivity contribution in [3.63, 3.8) is 0 Å². The number of aryl methyl sites for hydroxylation is 1. The molecular formula is C14H11N3O4S. The normalized spacial score (nSPS) is 10.8. The maximum absolute atomic E-state index is 12.2. The van der Waals surface area contributed by atoms with Crippen LogP contribution in [-0.2, 0) is 11.8 Å². The number of H-pyrrole nitrogens is 1. The molecule has 0 saturated heterocycles. The fraction of sp³-hybridized carbons (Fsp3) is 0.143. The molecule has 0 fully saturated rings. The van der Waals surface area contributed by atoms with E-state index >= 15 is 0 Å². The lowest BCUT2D eigenvalue weighted by Gasteiger charge is -2.09. The number of hydrogen-bond acceptors (Lipinski definition) is 6. The number of carbonyl (C=O) groups excluding carboxylic acids is 1. The van der Waals surface area contributed by atoms with Crippen LogP contribution in [0.4, 0.5) is 0 Å². The summed E-state index contributed by atoms with van der Waals surface area (Å²) in [6, 6.07) is 4.87. The van der Waals surface area contributed by atoms with Crippen LogP contribution in [0.3, 0.4) is 0 Å². The van der Waals surface area contributed by atoms with Gasteiger partial charge in [0.2, 0.25) is 0 Å². The predicted octanol–water partition coefficient (Wildman–Crippen LogP) is 2.04. The Hall–Kier alpha value is -2.74. The number of rotatable bonds is 2. The van der Waals surface area contributed by atoms with Crippen LogP contribution in [0.2, 0.25) is 0 Å². The van der Waals surface area contributed by atoms with E-state index in [1.54, 1.807) is 19.2 Å². The molecule has 0 atom stereocenters. The highest BCUT2D eigenvalue weighted by atomic mass is 32.1. The van der Waals surface area contributed by atoms with Gasteiger partial charge in [-0.3, -0.25) is 9.78 Å². The minimum atomic E-state index is -0.636. The van der Waals surface area contributed by atoms with Crippen molar-refractivity contribution < 1.29 is 13.9 Å². The summed E-state index contributed by atoms with van der Waals surface area (Å²) in [7, 11) is 2.90. The molecule has 3 aromatic heterocycles. The van der Waals surface area contributed by atoms with Gasteiger partial charge < -0.3 is 13.7 Å². The Morgan fingerprint density at radius 3 is 2.91 bits per heavy atom. The van der Waals surface area contributed by atoms with Crippen LogP contribution in [-0.4, -0.2) is 27.6 Å². The van der Waals surface area contributed by atoms with E-state index in [-0.39, 0.29) is 21.4 Å². The molecule has 0 unspecified atom stereocenters. The Labute approximate surface area is 129 Å². The summed E-state index contributed by atoms with van der Waals surface area (Å²) < 4.78 is 11.8. The maximum Gasteiger partial charge on any atom is 0.338 e. The number of aromatic nitrogens is 3. The Bertz CT molecular complexity index is 986. The summed E-state index contributed by atoms with van der Waals surface area (Å²) in [5.41, 5.74) is 0.305. The summed E-state index contributed by atoms with van der Waals surface area (Å²) in [6.45, 7) is 0. The maximum atomic E-state index is 12.2. The minimum Gasteiger partial charge on any atom is -0.465 e. The molecule has 0 amide bonds. The quantitative estimate of drug-likeness (QED) is 0.574. The van der Waals surface area contributed by atoms with Crippen LogP contribution >= 0.6 is 12.2 Å². The third-order valence-electron chi connectivity index (χ3n) is 3.25. The number of aromatic amines is 1. The van der Waals surface area contributed by atoms with E-state index in [9.17, 15) is 9.59 Å². The van der Waals surface area contributed by atoms with Crippen LogP contribution in [0.1, 0.15) is 10.4 Å². The van der Waals surface area contributed by atoms with Gasteiger partial charge in [0.25, 0.3) is 5.56 Å². The molecule has 0 bridgehead atoms. The third-order valence-corrected chi connectivity index (χ3v) is 3.63. The number of pyridine rings is 1. The molecule has 0 aliphatic rings. The van der Waals surface area contributed by atoms with E-state index in [1.807, 2.05) is 0 Å². The summed E-state index contributed by atoms with van der Waals surface area (Å²) in [6.07, 6.45) is 1.50. The van der Waals surface area contributed by atoms with Gasteiger partial charge in [0.05, 0.1) is 24.3 Å². The van der Waals surface area contributed by atoms with Gasteiger partial charge in [-0.25, -0.2) is 9.78 Å². The monoisotopic (exact) mass is 317 g/mol. The van der Waals surface area contributed by atoms with Crippen molar-refractivity contribution in [1.29, 1.82) is 0 Å². The van der Waals surface area contributed by atoms with E-state index in [2.05, 4.69) is 9.97 Å². The number of nitrogens with zero attached hydrogens (tertiary/aromatic N) is 2. The van der Waals surface area contributed by atoms with Gasteiger partial charge in [0, 0.05) is 7.05 Å². The lowest BCUT2D eigenvalue weighted by molar-refractivity contribution is 0.0603. The summed E-state index contributed by atoms with van der Waals surface area (Å²) in [5, 5.41) is 0.123. The second kappa shape index (κ2) is 5.23. The molecule has 8 heteroatoms. The Kier molecular flexibility index (Phi) is 3.38. The lowest BCUT2D eigenvalue weighted by atomic mass is 10.1. The highest BCUT2D eigenvalue weighted by Gasteiger charge is 2.19. The molecule has 1 N–H and O–H groups in total. The van der Waals surface area contributed by atoms with Crippen LogP contribution in [0, 0.1) is 4.77 Å². The zero-order valence-electron chi connectivity index (χ0n) is 11.7. The zero-order chi connectivity index (χ0) is 15.9. The topological polar surface area (TPSA) is 90.1 Å². The number of carbonyl (C=O) groups is 1. The average Bonchev–Trinajstić information content (AvgIpc) is 3.05. The molecule has 0 radical (unpaired) electrons. The van der Waals surface area contributed by atoms with Crippen molar-refractivity contribution in [2.45, 2.75) is 0 Å². The Morgan fingerprint density at radius 1 is 1.50 bits per heavy atom. The molecule has 0 spiro atoms. The van der Waals surface area contributed by atoms with E-state index < -0.39 is 11.5 Å². The summed E-state index contributed by atoms with van der Waals surface area (Å²) in [4.78, 5) is 31.1. The molecule has 0 aliphatic heterocycles. The first kappa shape index (κ1) is 14.2. The first-order valence-electron chi connectivity index (χ1n) is 6.29. The highest BCUT2D eigenvalue weighted by molar-refractivity contribution is 7.71. The van der Waals surface area contributed by atoms with Crippen LogP contribution in [0.25, 0.3) is 22.5 Å². The number of fused-ring (bicyclic) bond motifs is 1. The zero-order valence-corrected chi connectivity index (χ0v) is 12.6. The third kappa shape index (κ3) is 2.13. The minimum absolute atomic E-state index is 0.103. The largest absolute Gasteiger partial charge is 0.465 e. The van der Waals surface area contributed by atoms with Crippen molar-refractivity contribution in [1.82, 2.24) is 14.5 Å². The Morgan fingerprint density at radius 2 is 2.27 bits per heavy atom. The molecule has 7 nitrogen and oxygen atoms in total. The summed E-state index contributed by atoms with van der Waals surface area (Å²) in [5.74, 6) is -0.166. The molecule has 22 heavy (non-hydrogen) atoms. The van der Waals surface area contributed by atoms with Crippen molar-refractivity contribution in [3.05, 3.63) is 45.2 Å². The van der Waals surface area contributed by atoms with E-state index in [0.29, 0.717) is 11.5 Å². The van der Waals surface area contributed by atoms with Gasteiger partial charge >= 0.3 is 5.97 Å². The smallest absolute Gasteiger partial charge is 0.338 e. The van der Waals surface area contributed by atoms with Crippen LogP contribution in [0.5, 0.6) is 0 Å². The molecule has 3 aromatic rings. The van der Waals surface area contributed by atoms with Crippen molar-refractivity contribution in [2.75, 3.05) is 7.11 Å². The summed E-state index contributed by atoms with van der Waals surface area (Å²) >= 11 is 5.08. The van der Waals surface area contributed by atoms with Crippen molar-refractivity contribution in [2.24, 2.45) is 7.05 Å². The Balaban J connectivity index is 2.49. The van der Waals surface area contributed by atoms with Crippen LogP contribution < -0.4 is 5.56 Å².